The average Bonchev–Trinajstić information content (AvgIpc) is 2.23. The van der Waals surface area contributed by atoms with Crippen LogP contribution in [0.4, 0.5) is 0 Å². The molecular formula is C16H26O2. The van der Waals surface area contributed by atoms with Gasteiger partial charge < -0.3 is 10.2 Å². The van der Waals surface area contributed by atoms with Crippen LogP contribution in [0.15, 0.2) is 23.3 Å². The molecule has 4 atom stereocenters. The maximum absolute atomic E-state index is 10.7. The summed E-state index contributed by atoms with van der Waals surface area (Å²) in [6.07, 6.45) is 2.71. The van der Waals surface area contributed by atoms with E-state index in [9.17, 15) is 10.2 Å². The Bertz CT molecular complexity index is 401. The van der Waals surface area contributed by atoms with Gasteiger partial charge in [-0.15, -0.1) is 0 Å². The summed E-state index contributed by atoms with van der Waals surface area (Å²) in [4.78, 5) is 0. The van der Waals surface area contributed by atoms with Crippen LogP contribution in [0.3, 0.4) is 0 Å². The third kappa shape index (κ3) is 1.96. The van der Waals surface area contributed by atoms with E-state index >= 15 is 0 Å². The van der Waals surface area contributed by atoms with Gasteiger partial charge in [0.05, 0.1) is 11.7 Å². The monoisotopic (exact) mass is 250 g/mol. The van der Waals surface area contributed by atoms with Crippen molar-refractivity contribution in [2.24, 2.45) is 11.3 Å². The van der Waals surface area contributed by atoms with Crippen molar-refractivity contribution in [2.45, 2.75) is 65.1 Å². The number of hydrogen-bond acceptors (Lipinski definition) is 2. The maximum atomic E-state index is 10.7. The van der Waals surface area contributed by atoms with Gasteiger partial charge in [0.15, 0.2) is 0 Å². The third-order valence-electron chi connectivity index (χ3n) is 5.26. The molecular weight excluding hydrogens is 224 g/mol. The largest absolute Gasteiger partial charge is 0.393 e. The van der Waals surface area contributed by atoms with Gasteiger partial charge in [0.2, 0.25) is 0 Å². The van der Waals surface area contributed by atoms with Crippen molar-refractivity contribution < 1.29 is 10.2 Å². The molecule has 2 N–H and O–H groups in total. The van der Waals surface area contributed by atoms with Gasteiger partial charge in [0.25, 0.3) is 0 Å². The molecule has 2 heteroatoms. The molecule has 0 aliphatic heterocycles. The summed E-state index contributed by atoms with van der Waals surface area (Å²) in [6, 6.07) is 0. The van der Waals surface area contributed by atoms with E-state index in [2.05, 4.69) is 27.4 Å². The van der Waals surface area contributed by atoms with Crippen LogP contribution in [0, 0.1) is 11.3 Å². The topological polar surface area (TPSA) is 40.5 Å². The van der Waals surface area contributed by atoms with E-state index in [-0.39, 0.29) is 17.4 Å². The zero-order chi connectivity index (χ0) is 13.7. The molecule has 2 aliphatic rings. The van der Waals surface area contributed by atoms with E-state index < -0.39 is 5.60 Å². The normalized spacial score (nSPS) is 44.8. The number of allylic oxidation sites excluding steroid dienone is 3. The first-order chi connectivity index (χ1) is 8.18. The Balaban J connectivity index is 2.43. The highest BCUT2D eigenvalue weighted by Crippen LogP contribution is 2.56. The molecule has 0 amide bonds. The first-order valence-electron chi connectivity index (χ1n) is 6.93. The summed E-state index contributed by atoms with van der Waals surface area (Å²) in [7, 11) is 0. The predicted molar refractivity (Wildman–Crippen MR) is 74.2 cm³/mol. The molecule has 0 saturated heterocycles. The second kappa shape index (κ2) is 4.21. The molecule has 18 heavy (non-hydrogen) atoms. The van der Waals surface area contributed by atoms with Crippen LogP contribution < -0.4 is 0 Å². The maximum Gasteiger partial charge on any atom is 0.0658 e. The summed E-state index contributed by atoms with van der Waals surface area (Å²) >= 11 is 0. The van der Waals surface area contributed by atoms with Gasteiger partial charge in [-0.3, -0.25) is 0 Å². The van der Waals surface area contributed by atoms with Crippen LogP contribution in [0.2, 0.25) is 0 Å². The van der Waals surface area contributed by atoms with Crippen LogP contribution in [-0.4, -0.2) is 21.9 Å². The fourth-order valence-electron chi connectivity index (χ4n) is 4.04. The molecule has 0 spiro atoms. The quantitative estimate of drug-likeness (QED) is 0.693. The number of fused-ring (bicyclic) bond motifs is 1. The van der Waals surface area contributed by atoms with Gasteiger partial charge in [-0.1, -0.05) is 24.6 Å². The van der Waals surface area contributed by atoms with Gasteiger partial charge in [0.1, 0.15) is 0 Å². The second-order valence-corrected chi connectivity index (χ2v) is 6.93. The molecule has 2 nitrogen and oxygen atoms in total. The van der Waals surface area contributed by atoms with Crippen LogP contribution in [-0.2, 0) is 0 Å². The van der Waals surface area contributed by atoms with Crippen LogP contribution in [0.25, 0.3) is 0 Å². The summed E-state index contributed by atoms with van der Waals surface area (Å²) in [5.41, 5.74) is 2.84. The van der Waals surface area contributed by atoms with Gasteiger partial charge in [0, 0.05) is 5.41 Å². The lowest BCUT2D eigenvalue weighted by molar-refractivity contribution is -0.153. The van der Waals surface area contributed by atoms with Gasteiger partial charge in [-0.05, 0) is 57.9 Å². The fourth-order valence-corrected chi connectivity index (χ4v) is 4.04. The molecule has 0 bridgehead atoms. The van der Waals surface area contributed by atoms with E-state index in [4.69, 9.17) is 0 Å². The van der Waals surface area contributed by atoms with Crippen LogP contribution in [0.1, 0.15) is 53.4 Å². The minimum absolute atomic E-state index is 0.129. The average molecular weight is 250 g/mol. The van der Waals surface area contributed by atoms with E-state index in [0.717, 1.165) is 18.4 Å². The molecule has 0 aromatic carbocycles. The Morgan fingerprint density at radius 2 is 1.94 bits per heavy atom. The van der Waals surface area contributed by atoms with Crippen molar-refractivity contribution in [1.29, 1.82) is 0 Å². The summed E-state index contributed by atoms with van der Waals surface area (Å²) in [6.45, 7) is 12.4. The zero-order valence-corrected chi connectivity index (χ0v) is 12.1. The zero-order valence-electron chi connectivity index (χ0n) is 12.1. The smallest absolute Gasteiger partial charge is 0.0658 e. The molecule has 2 saturated carbocycles. The predicted octanol–water partition coefficient (Wildman–Crippen LogP) is 3.20. The molecule has 0 heterocycles. The first-order valence-corrected chi connectivity index (χ1v) is 6.93. The van der Waals surface area contributed by atoms with Gasteiger partial charge >= 0.3 is 0 Å². The minimum Gasteiger partial charge on any atom is -0.393 e. The van der Waals surface area contributed by atoms with Crippen molar-refractivity contribution in [1.82, 2.24) is 0 Å². The molecule has 2 aliphatic carbocycles. The highest BCUT2D eigenvalue weighted by molar-refractivity contribution is 5.37. The van der Waals surface area contributed by atoms with Crippen molar-refractivity contribution in [3.05, 3.63) is 23.3 Å². The van der Waals surface area contributed by atoms with Crippen molar-refractivity contribution in [2.75, 3.05) is 0 Å². The van der Waals surface area contributed by atoms with E-state index in [1.165, 1.54) is 11.1 Å². The van der Waals surface area contributed by atoms with Crippen molar-refractivity contribution >= 4 is 0 Å². The lowest BCUT2D eigenvalue weighted by atomic mass is 9.52. The minimum atomic E-state index is -0.671. The Labute approximate surface area is 110 Å². The molecule has 2 rings (SSSR count). The van der Waals surface area contributed by atoms with E-state index in [1.54, 1.807) is 0 Å². The summed E-state index contributed by atoms with van der Waals surface area (Å²) in [5, 5.41) is 21.0. The third-order valence-corrected chi connectivity index (χ3v) is 5.26. The first kappa shape index (κ1) is 13.8. The highest BCUT2D eigenvalue weighted by Gasteiger charge is 2.55. The number of hydrogen-bond donors (Lipinski definition) is 2. The Hall–Kier alpha value is -0.600. The fraction of sp³-hybridized carbons (Fsp3) is 0.750. The molecule has 102 valence electrons. The lowest BCUT2D eigenvalue weighted by Crippen LogP contribution is -2.56. The highest BCUT2D eigenvalue weighted by atomic mass is 16.3. The van der Waals surface area contributed by atoms with E-state index in [1.807, 2.05) is 6.92 Å². The summed E-state index contributed by atoms with van der Waals surface area (Å²) in [5.74, 6) is 0.129. The Kier molecular flexibility index (Phi) is 3.23. The van der Waals surface area contributed by atoms with Gasteiger partial charge in [-0.25, -0.2) is 0 Å². The summed E-state index contributed by atoms with van der Waals surface area (Å²) < 4.78 is 0. The van der Waals surface area contributed by atoms with Crippen molar-refractivity contribution in [3.63, 3.8) is 0 Å². The lowest BCUT2D eigenvalue weighted by Gasteiger charge is -2.55. The molecule has 4 unspecified atom stereocenters. The number of aliphatic hydroxyl groups is 2. The van der Waals surface area contributed by atoms with Crippen molar-refractivity contribution in [3.8, 4) is 0 Å². The number of rotatable bonds is 0. The Morgan fingerprint density at radius 3 is 2.50 bits per heavy atom. The molecule has 2 fully saturated rings. The SMILES string of the molecule is C=C1CC2(C)C(O)CCC(C)(O)C2CC1=C(C)C. The van der Waals surface area contributed by atoms with E-state index in [0.29, 0.717) is 12.8 Å². The van der Waals surface area contributed by atoms with Gasteiger partial charge in [-0.2, -0.15) is 0 Å². The molecule has 0 aromatic rings. The van der Waals surface area contributed by atoms with Crippen LogP contribution in [0.5, 0.6) is 0 Å². The standard InChI is InChI=1S/C16H26O2/c1-10(2)12-8-13-15(4,9-11(12)3)14(17)6-7-16(13,5)18/h13-14,17-18H,3,6-9H2,1-2,4-5H3. The Morgan fingerprint density at radius 1 is 1.33 bits per heavy atom. The molecule has 0 aromatic heterocycles. The molecule has 0 radical (unpaired) electrons. The van der Waals surface area contributed by atoms with Crippen LogP contribution >= 0.6 is 0 Å². The number of aliphatic hydroxyl groups excluding tert-OH is 1. The second-order valence-electron chi connectivity index (χ2n) is 6.93.